The monoisotopic (exact) mass is 821 g/mol. The van der Waals surface area contributed by atoms with Gasteiger partial charge in [0.25, 0.3) is 0 Å². The number of ether oxygens (including phenoxy) is 3. The van der Waals surface area contributed by atoms with E-state index < -0.39 is 6.10 Å². The van der Waals surface area contributed by atoms with Crippen molar-refractivity contribution in [3.8, 4) is 0 Å². The summed E-state index contributed by atoms with van der Waals surface area (Å²) in [4.78, 5) is 37.9. The minimum Gasteiger partial charge on any atom is -0.462 e. The first-order valence-corrected chi connectivity index (χ1v) is 25.8. The first-order chi connectivity index (χ1) is 28.3. The van der Waals surface area contributed by atoms with Crippen molar-refractivity contribution in [1.29, 1.82) is 0 Å². The van der Waals surface area contributed by atoms with E-state index >= 15 is 0 Å². The predicted octanol–water partition coefficient (Wildman–Crippen LogP) is 16.5. The molecule has 0 spiro atoms. The van der Waals surface area contributed by atoms with Gasteiger partial charge in [-0.05, 0) is 31.1 Å². The molecule has 0 aliphatic carbocycles. The molecular formula is C52H100O6. The summed E-state index contributed by atoms with van der Waals surface area (Å²) in [5, 5.41) is 0. The summed E-state index contributed by atoms with van der Waals surface area (Å²) >= 11 is 0. The predicted molar refractivity (Wildman–Crippen MR) is 247 cm³/mol. The molecule has 6 nitrogen and oxygen atoms in total. The Morgan fingerprint density at radius 1 is 0.362 bits per heavy atom. The molecule has 1 unspecified atom stereocenters. The minimum atomic E-state index is -0.762. The van der Waals surface area contributed by atoms with Gasteiger partial charge in [0, 0.05) is 19.3 Å². The quantitative estimate of drug-likeness (QED) is 0.0346. The molecule has 0 aromatic rings. The molecule has 0 rings (SSSR count). The summed E-state index contributed by atoms with van der Waals surface area (Å²) in [5.41, 5.74) is 0. The van der Waals surface area contributed by atoms with Crippen molar-refractivity contribution in [2.24, 2.45) is 11.8 Å². The number of esters is 3. The Bertz CT molecular complexity index is 887. The van der Waals surface area contributed by atoms with Gasteiger partial charge in [0.1, 0.15) is 13.2 Å². The highest BCUT2D eigenvalue weighted by Gasteiger charge is 2.19. The molecule has 2 atom stereocenters. The summed E-state index contributed by atoms with van der Waals surface area (Å²) in [7, 11) is 0. The maximum Gasteiger partial charge on any atom is 0.306 e. The molecule has 0 aromatic heterocycles. The molecule has 0 N–H and O–H groups in total. The summed E-state index contributed by atoms with van der Waals surface area (Å²) in [6, 6.07) is 0. The maximum absolute atomic E-state index is 12.8. The first kappa shape index (κ1) is 56.4. The topological polar surface area (TPSA) is 78.9 Å². The van der Waals surface area contributed by atoms with Gasteiger partial charge in [0.2, 0.25) is 0 Å². The van der Waals surface area contributed by atoms with Crippen LogP contribution in [-0.4, -0.2) is 37.2 Å². The third-order valence-electron chi connectivity index (χ3n) is 12.1. The standard InChI is InChI=1S/C52H100O6/c1-6-8-9-10-11-12-13-14-15-16-17-18-21-27-32-37-42-50(53)56-45-49(58-52(55)44-39-34-29-24-23-26-31-36-41-48(5)7-2)46-57-51(54)43-38-33-28-22-19-20-25-30-35-40-47(3)4/h47-49H,6-46H2,1-5H3/t48?,49-/m1/s1. The molecule has 0 radical (unpaired) electrons. The zero-order valence-electron chi connectivity index (χ0n) is 39.7. The summed E-state index contributed by atoms with van der Waals surface area (Å²) in [5.74, 6) is 0.802. The van der Waals surface area contributed by atoms with Crippen LogP contribution in [0.2, 0.25) is 0 Å². The van der Waals surface area contributed by atoms with Crippen molar-refractivity contribution >= 4 is 17.9 Å². The van der Waals surface area contributed by atoms with Crippen LogP contribution in [0, 0.1) is 11.8 Å². The fraction of sp³-hybridized carbons (Fsp3) is 0.942. The highest BCUT2D eigenvalue weighted by atomic mass is 16.6. The van der Waals surface area contributed by atoms with Crippen LogP contribution < -0.4 is 0 Å². The van der Waals surface area contributed by atoms with Crippen LogP contribution in [0.4, 0.5) is 0 Å². The van der Waals surface area contributed by atoms with Gasteiger partial charge in [0.15, 0.2) is 6.10 Å². The maximum atomic E-state index is 12.8. The second-order valence-electron chi connectivity index (χ2n) is 18.5. The molecule has 344 valence electrons. The average Bonchev–Trinajstić information content (AvgIpc) is 3.21. The lowest BCUT2D eigenvalue weighted by Gasteiger charge is -2.18. The Hall–Kier alpha value is -1.59. The van der Waals surface area contributed by atoms with Crippen LogP contribution in [0.3, 0.4) is 0 Å². The van der Waals surface area contributed by atoms with Gasteiger partial charge in [-0.25, -0.2) is 0 Å². The van der Waals surface area contributed by atoms with Crippen molar-refractivity contribution < 1.29 is 28.6 Å². The Morgan fingerprint density at radius 2 is 0.655 bits per heavy atom. The third-order valence-corrected chi connectivity index (χ3v) is 12.1. The van der Waals surface area contributed by atoms with Crippen molar-refractivity contribution in [3.05, 3.63) is 0 Å². The van der Waals surface area contributed by atoms with Crippen LogP contribution in [-0.2, 0) is 28.6 Å². The molecule has 0 saturated heterocycles. The Labute approximate surface area is 361 Å². The van der Waals surface area contributed by atoms with Crippen LogP contribution >= 0.6 is 0 Å². The lowest BCUT2D eigenvalue weighted by Crippen LogP contribution is -2.30. The van der Waals surface area contributed by atoms with Crippen molar-refractivity contribution in [1.82, 2.24) is 0 Å². The normalized spacial score (nSPS) is 12.5. The van der Waals surface area contributed by atoms with E-state index in [1.54, 1.807) is 0 Å². The average molecular weight is 821 g/mol. The molecule has 6 heteroatoms. The minimum absolute atomic E-state index is 0.0643. The van der Waals surface area contributed by atoms with Crippen LogP contribution in [0.15, 0.2) is 0 Å². The number of unbranched alkanes of at least 4 members (excludes halogenated alkanes) is 30. The SMILES string of the molecule is CCCCCCCCCCCCCCCCCCC(=O)OC[C@H](COC(=O)CCCCCCCCCCCC(C)C)OC(=O)CCCCCCCCCCC(C)CC. The second kappa shape index (κ2) is 44.9. The molecule has 58 heavy (non-hydrogen) atoms. The number of hydrogen-bond donors (Lipinski definition) is 0. The van der Waals surface area contributed by atoms with Crippen LogP contribution in [0.25, 0.3) is 0 Å². The fourth-order valence-electron chi connectivity index (χ4n) is 7.78. The molecule has 0 aromatic carbocycles. The zero-order chi connectivity index (χ0) is 42.6. The van der Waals surface area contributed by atoms with E-state index in [9.17, 15) is 14.4 Å². The summed E-state index contributed by atoms with van der Waals surface area (Å²) in [6.45, 7) is 11.4. The van der Waals surface area contributed by atoms with Gasteiger partial charge in [-0.1, -0.05) is 247 Å². The lowest BCUT2D eigenvalue weighted by molar-refractivity contribution is -0.167. The van der Waals surface area contributed by atoms with Crippen molar-refractivity contribution in [3.63, 3.8) is 0 Å². The molecular weight excluding hydrogens is 721 g/mol. The van der Waals surface area contributed by atoms with Gasteiger partial charge in [-0.2, -0.15) is 0 Å². The molecule has 0 aliphatic heterocycles. The van der Waals surface area contributed by atoms with Gasteiger partial charge in [-0.3, -0.25) is 14.4 Å². The van der Waals surface area contributed by atoms with E-state index in [1.165, 1.54) is 173 Å². The number of rotatable bonds is 46. The van der Waals surface area contributed by atoms with Crippen LogP contribution in [0.5, 0.6) is 0 Å². The van der Waals surface area contributed by atoms with E-state index in [4.69, 9.17) is 14.2 Å². The number of hydrogen-bond acceptors (Lipinski definition) is 6. The second-order valence-corrected chi connectivity index (χ2v) is 18.5. The molecule has 0 bridgehead atoms. The van der Waals surface area contributed by atoms with E-state index in [2.05, 4.69) is 34.6 Å². The first-order valence-electron chi connectivity index (χ1n) is 25.8. The van der Waals surface area contributed by atoms with Gasteiger partial charge >= 0.3 is 17.9 Å². The van der Waals surface area contributed by atoms with E-state index in [0.717, 1.165) is 69.6 Å². The molecule has 0 fully saturated rings. The largest absolute Gasteiger partial charge is 0.462 e. The number of carbonyl (C=O) groups excluding carboxylic acids is 3. The molecule has 0 amide bonds. The number of carbonyl (C=O) groups is 3. The third kappa shape index (κ3) is 44.0. The molecule has 0 aliphatic rings. The van der Waals surface area contributed by atoms with Crippen molar-refractivity contribution in [2.75, 3.05) is 13.2 Å². The summed E-state index contributed by atoms with van der Waals surface area (Å²) in [6.07, 6.45) is 45.1. The Morgan fingerprint density at radius 3 is 0.983 bits per heavy atom. The summed E-state index contributed by atoms with van der Waals surface area (Å²) < 4.78 is 16.8. The van der Waals surface area contributed by atoms with Crippen LogP contribution in [0.1, 0.15) is 285 Å². The Balaban J connectivity index is 4.31. The fourth-order valence-corrected chi connectivity index (χ4v) is 7.78. The highest BCUT2D eigenvalue weighted by Crippen LogP contribution is 2.18. The molecule has 0 saturated carbocycles. The lowest BCUT2D eigenvalue weighted by atomic mass is 9.99. The van der Waals surface area contributed by atoms with E-state index in [0.29, 0.717) is 19.3 Å². The van der Waals surface area contributed by atoms with Gasteiger partial charge in [0.05, 0.1) is 0 Å². The zero-order valence-corrected chi connectivity index (χ0v) is 39.7. The highest BCUT2D eigenvalue weighted by molar-refractivity contribution is 5.71. The smallest absolute Gasteiger partial charge is 0.306 e. The van der Waals surface area contributed by atoms with E-state index in [-0.39, 0.29) is 31.1 Å². The van der Waals surface area contributed by atoms with E-state index in [1.807, 2.05) is 0 Å². The Kier molecular flexibility index (Phi) is 43.7. The van der Waals surface area contributed by atoms with Gasteiger partial charge < -0.3 is 14.2 Å². The van der Waals surface area contributed by atoms with Gasteiger partial charge in [-0.15, -0.1) is 0 Å². The van der Waals surface area contributed by atoms with Crippen molar-refractivity contribution in [2.45, 2.75) is 291 Å². The molecule has 0 heterocycles.